The van der Waals surface area contributed by atoms with Crippen molar-refractivity contribution in [2.45, 2.75) is 36.7 Å². The number of aliphatic hydroxyl groups is 2. The first-order chi connectivity index (χ1) is 12.2. The van der Waals surface area contributed by atoms with Crippen LogP contribution in [0.4, 0.5) is 0 Å². The van der Waals surface area contributed by atoms with Crippen LogP contribution in [0.5, 0.6) is 0 Å². The lowest BCUT2D eigenvalue weighted by atomic mass is 9.53. The zero-order chi connectivity index (χ0) is 17.4. The minimum absolute atomic E-state index is 0.0841. The number of halogens is 1. The molecule has 3 aliphatic rings. The number of nitrogens with one attached hydrogen (secondary N) is 1. The van der Waals surface area contributed by atoms with E-state index in [0.717, 1.165) is 17.9 Å². The second-order valence-electron chi connectivity index (χ2n) is 7.28. The molecule has 3 nitrogen and oxygen atoms in total. The van der Waals surface area contributed by atoms with E-state index in [4.69, 9.17) is 16.7 Å². The van der Waals surface area contributed by atoms with E-state index in [9.17, 15) is 5.11 Å². The fourth-order valence-electron chi connectivity index (χ4n) is 4.91. The first-order valence-electron chi connectivity index (χ1n) is 9.05. The van der Waals surface area contributed by atoms with Crippen molar-refractivity contribution in [2.75, 3.05) is 19.7 Å². The van der Waals surface area contributed by atoms with Gasteiger partial charge in [-0.3, -0.25) is 0 Å². The molecule has 0 aromatic heterocycles. The first kappa shape index (κ1) is 17.0. The molecule has 0 heterocycles. The maximum atomic E-state index is 10.7. The zero-order valence-corrected chi connectivity index (χ0v) is 15.0. The monoisotopic (exact) mass is 357 g/mol. The summed E-state index contributed by atoms with van der Waals surface area (Å²) >= 11 is 6.34. The topological polar surface area (TPSA) is 52.5 Å². The summed E-state index contributed by atoms with van der Waals surface area (Å²) in [5, 5.41) is 23.5. The first-order valence-corrected chi connectivity index (χ1v) is 9.42. The summed E-state index contributed by atoms with van der Waals surface area (Å²) in [7, 11) is 0. The van der Waals surface area contributed by atoms with Crippen LogP contribution >= 0.6 is 11.6 Å². The second-order valence-corrected chi connectivity index (χ2v) is 7.71. The smallest absolute Gasteiger partial charge is 0.0676 e. The third kappa shape index (κ3) is 2.80. The lowest BCUT2D eigenvalue weighted by Crippen LogP contribution is -2.44. The number of fused-ring (bicyclic) bond motifs is 1. The lowest BCUT2D eigenvalue weighted by molar-refractivity contribution is 0.126. The van der Waals surface area contributed by atoms with Gasteiger partial charge in [0.05, 0.1) is 12.7 Å². The van der Waals surface area contributed by atoms with Crippen molar-refractivity contribution in [3.05, 3.63) is 69.7 Å². The Bertz CT molecular complexity index is 778. The quantitative estimate of drug-likeness (QED) is 0.696. The van der Waals surface area contributed by atoms with E-state index in [1.807, 2.05) is 6.07 Å². The van der Waals surface area contributed by atoms with Crippen molar-refractivity contribution in [1.82, 2.24) is 5.32 Å². The molecule has 3 unspecified atom stereocenters. The van der Waals surface area contributed by atoms with Crippen LogP contribution in [-0.2, 0) is 5.41 Å². The van der Waals surface area contributed by atoms with E-state index in [2.05, 4.69) is 41.7 Å². The minimum atomic E-state index is -0.471. The molecular formula is C21H24ClNO2. The highest BCUT2D eigenvalue weighted by Gasteiger charge is 2.48. The average Bonchev–Trinajstić information content (AvgIpc) is 2.63. The fourth-order valence-corrected chi connectivity index (χ4v) is 5.08. The standard InChI is InChI=1S/C21H24ClNO2/c22-14-5-6-18-16-7-8-21(20(18)11-14,12-15(25)13-23-9-10-24)19-4-2-1-3-17(16)19/h1-6,11,15-16,23-25H,7-10,12-13H2. The maximum Gasteiger partial charge on any atom is 0.0676 e. The Morgan fingerprint density at radius 2 is 1.96 bits per heavy atom. The number of rotatable bonds is 6. The molecular weight excluding hydrogens is 334 g/mol. The molecule has 3 N–H and O–H groups in total. The van der Waals surface area contributed by atoms with Crippen molar-refractivity contribution in [3.63, 3.8) is 0 Å². The van der Waals surface area contributed by atoms with Gasteiger partial charge in [0.1, 0.15) is 0 Å². The van der Waals surface area contributed by atoms with Gasteiger partial charge in [0.2, 0.25) is 0 Å². The number of hydrogen-bond donors (Lipinski definition) is 3. The third-order valence-electron chi connectivity index (χ3n) is 5.87. The van der Waals surface area contributed by atoms with Gasteiger partial charge in [-0.2, -0.15) is 0 Å². The van der Waals surface area contributed by atoms with Gasteiger partial charge in [-0.05, 0) is 53.6 Å². The molecule has 2 aromatic rings. The summed E-state index contributed by atoms with van der Waals surface area (Å²) in [6.07, 6.45) is 2.35. The van der Waals surface area contributed by atoms with Crippen molar-refractivity contribution >= 4 is 11.6 Å². The molecule has 2 aromatic carbocycles. The van der Waals surface area contributed by atoms with Gasteiger partial charge in [0.15, 0.2) is 0 Å². The average molecular weight is 358 g/mol. The molecule has 0 aliphatic heterocycles. The summed E-state index contributed by atoms with van der Waals surface area (Å²) in [4.78, 5) is 0. The van der Waals surface area contributed by atoms with Crippen LogP contribution in [0.2, 0.25) is 5.02 Å². The van der Waals surface area contributed by atoms with E-state index < -0.39 is 6.10 Å². The summed E-state index contributed by atoms with van der Waals surface area (Å²) < 4.78 is 0. The summed E-state index contributed by atoms with van der Waals surface area (Å²) in [6, 6.07) is 14.9. The minimum Gasteiger partial charge on any atom is -0.395 e. The highest BCUT2D eigenvalue weighted by molar-refractivity contribution is 6.30. The fraction of sp³-hybridized carbons (Fsp3) is 0.429. The van der Waals surface area contributed by atoms with Crippen LogP contribution < -0.4 is 5.32 Å². The molecule has 0 fully saturated rings. The lowest BCUT2D eigenvalue weighted by Gasteiger charge is -2.50. The Morgan fingerprint density at radius 1 is 1.16 bits per heavy atom. The molecule has 2 bridgehead atoms. The van der Waals surface area contributed by atoms with Crippen molar-refractivity contribution in [3.8, 4) is 0 Å². The maximum absolute atomic E-state index is 10.7. The summed E-state index contributed by atoms with van der Waals surface area (Å²) in [5.74, 6) is 0.440. The van der Waals surface area contributed by atoms with Crippen molar-refractivity contribution in [2.24, 2.45) is 0 Å². The van der Waals surface area contributed by atoms with Crippen LogP contribution in [0.1, 0.15) is 47.4 Å². The van der Waals surface area contributed by atoms with E-state index in [-0.39, 0.29) is 12.0 Å². The Balaban J connectivity index is 1.76. The normalized spacial score (nSPS) is 24.7. The Morgan fingerprint density at radius 3 is 2.80 bits per heavy atom. The van der Waals surface area contributed by atoms with E-state index in [1.54, 1.807) is 0 Å². The number of benzene rings is 2. The molecule has 3 atom stereocenters. The Labute approximate surface area is 153 Å². The zero-order valence-electron chi connectivity index (χ0n) is 14.2. The second kappa shape index (κ2) is 6.73. The molecule has 0 saturated carbocycles. The number of aliphatic hydroxyl groups excluding tert-OH is 2. The molecule has 5 rings (SSSR count). The van der Waals surface area contributed by atoms with Crippen LogP contribution in [0.15, 0.2) is 42.5 Å². The molecule has 0 spiro atoms. The van der Waals surface area contributed by atoms with Gasteiger partial charge in [-0.15, -0.1) is 0 Å². The van der Waals surface area contributed by atoms with Crippen LogP contribution in [0.3, 0.4) is 0 Å². The molecule has 0 amide bonds. The van der Waals surface area contributed by atoms with Crippen LogP contribution in [-0.4, -0.2) is 36.0 Å². The predicted octanol–water partition coefficient (Wildman–Crippen LogP) is 3.20. The van der Waals surface area contributed by atoms with E-state index in [0.29, 0.717) is 25.4 Å². The van der Waals surface area contributed by atoms with Crippen molar-refractivity contribution in [1.29, 1.82) is 0 Å². The highest BCUT2D eigenvalue weighted by Crippen LogP contribution is 2.58. The van der Waals surface area contributed by atoms with Crippen molar-refractivity contribution < 1.29 is 10.2 Å². The van der Waals surface area contributed by atoms with Gasteiger partial charge in [-0.1, -0.05) is 41.9 Å². The summed E-state index contributed by atoms with van der Waals surface area (Å²) in [6.45, 7) is 1.08. The van der Waals surface area contributed by atoms with Crippen LogP contribution in [0, 0.1) is 0 Å². The molecule has 4 heteroatoms. The third-order valence-corrected chi connectivity index (χ3v) is 6.11. The molecule has 0 saturated heterocycles. The molecule has 25 heavy (non-hydrogen) atoms. The molecule has 132 valence electrons. The van der Waals surface area contributed by atoms with Gasteiger partial charge < -0.3 is 15.5 Å². The largest absolute Gasteiger partial charge is 0.395 e. The Hall–Kier alpha value is -1.39. The van der Waals surface area contributed by atoms with Crippen LogP contribution in [0.25, 0.3) is 0 Å². The predicted molar refractivity (Wildman–Crippen MR) is 100 cm³/mol. The molecule has 3 aliphatic carbocycles. The molecule has 0 radical (unpaired) electrons. The van der Waals surface area contributed by atoms with E-state index in [1.165, 1.54) is 22.3 Å². The highest BCUT2D eigenvalue weighted by atomic mass is 35.5. The van der Waals surface area contributed by atoms with Gasteiger partial charge in [0.25, 0.3) is 0 Å². The number of hydrogen-bond acceptors (Lipinski definition) is 3. The van der Waals surface area contributed by atoms with E-state index >= 15 is 0 Å². The summed E-state index contributed by atoms with van der Waals surface area (Å²) in [5.41, 5.74) is 5.23. The SMILES string of the molecule is OCCNCC(O)CC12CCC(c3ccccc31)c1ccc(Cl)cc12. The van der Waals surface area contributed by atoms with Gasteiger partial charge in [0, 0.05) is 29.4 Å². The van der Waals surface area contributed by atoms with Gasteiger partial charge >= 0.3 is 0 Å². The van der Waals surface area contributed by atoms with Gasteiger partial charge in [-0.25, -0.2) is 0 Å². The Kier molecular flexibility index (Phi) is 4.59.